The maximum Gasteiger partial charge on any atom is 0.387 e. The second-order valence-electron chi connectivity index (χ2n) is 5.32. The Morgan fingerprint density at radius 2 is 1.81 bits per heavy atom. The van der Waals surface area contributed by atoms with Gasteiger partial charge in [-0.15, -0.1) is 10.2 Å². The zero-order valence-corrected chi connectivity index (χ0v) is 13.6. The van der Waals surface area contributed by atoms with Gasteiger partial charge in [-0.2, -0.15) is 8.78 Å². The summed E-state index contributed by atoms with van der Waals surface area (Å²) in [6.45, 7) is -2.88. The first-order chi connectivity index (χ1) is 12.6. The van der Waals surface area contributed by atoms with Crippen LogP contribution in [0.15, 0.2) is 59.0 Å². The van der Waals surface area contributed by atoms with E-state index in [1.54, 1.807) is 0 Å². The molecule has 8 heteroatoms. The summed E-state index contributed by atoms with van der Waals surface area (Å²) in [6.07, 6.45) is 0.434. The van der Waals surface area contributed by atoms with Crippen LogP contribution in [0, 0.1) is 0 Å². The predicted molar refractivity (Wildman–Crippen MR) is 89.8 cm³/mol. The van der Waals surface area contributed by atoms with Crippen LogP contribution in [0.4, 0.5) is 14.5 Å². The maximum atomic E-state index is 12.1. The third-order valence-corrected chi connectivity index (χ3v) is 3.42. The Hall–Kier alpha value is -3.29. The van der Waals surface area contributed by atoms with Crippen LogP contribution in [0.1, 0.15) is 12.3 Å². The largest absolute Gasteiger partial charge is 0.435 e. The molecule has 0 aliphatic carbocycles. The zero-order chi connectivity index (χ0) is 18.4. The number of halogens is 2. The summed E-state index contributed by atoms with van der Waals surface area (Å²) < 4.78 is 34.0. The van der Waals surface area contributed by atoms with Crippen LogP contribution in [-0.4, -0.2) is 22.7 Å². The van der Waals surface area contributed by atoms with E-state index in [9.17, 15) is 13.6 Å². The Balaban J connectivity index is 1.50. The van der Waals surface area contributed by atoms with Gasteiger partial charge in [0.05, 0.1) is 0 Å². The summed E-state index contributed by atoms with van der Waals surface area (Å²) in [5, 5.41) is 10.5. The lowest BCUT2D eigenvalue weighted by Gasteiger charge is -2.07. The summed E-state index contributed by atoms with van der Waals surface area (Å²) in [7, 11) is 0. The zero-order valence-electron chi connectivity index (χ0n) is 13.6. The fourth-order valence-corrected chi connectivity index (χ4v) is 2.22. The molecular weight excluding hydrogens is 344 g/mol. The van der Waals surface area contributed by atoms with Crippen molar-refractivity contribution in [2.75, 3.05) is 5.32 Å². The lowest BCUT2D eigenvalue weighted by Crippen LogP contribution is -2.12. The number of amides is 1. The Morgan fingerprint density at radius 1 is 1.08 bits per heavy atom. The second-order valence-corrected chi connectivity index (χ2v) is 5.32. The van der Waals surface area contributed by atoms with Crippen molar-refractivity contribution >= 4 is 11.6 Å². The molecule has 1 amide bonds. The number of ether oxygens (including phenoxy) is 1. The van der Waals surface area contributed by atoms with Gasteiger partial charge < -0.3 is 14.5 Å². The molecule has 0 unspecified atom stereocenters. The molecule has 0 radical (unpaired) electrons. The van der Waals surface area contributed by atoms with Gasteiger partial charge in [-0.05, 0) is 36.4 Å². The van der Waals surface area contributed by atoms with E-state index in [4.69, 9.17) is 4.42 Å². The Bertz CT molecular complexity index is 852. The first-order valence-corrected chi connectivity index (χ1v) is 7.83. The highest BCUT2D eigenvalue weighted by molar-refractivity contribution is 5.90. The van der Waals surface area contributed by atoms with Crippen LogP contribution >= 0.6 is 0 Å². The highest BCUT2D eigenvalue weighted by Crippen LogP contribution is 2.19. The number of alkyl halides is 2. The van der Waals surface area contributed by atoms with Crippen LogP contribution in [0.2, 0.25) is 0 Å². The van der Waals surface area contributed by atoms with Crippen LogP contribution in [-0.2, 0) is 11.2 Å². The molecule has 0 saturated carbocycles. The molecule has 1 N–H and O–H groups in total. The van der Waals surface area contributed by atoms with Gasteiger partial charge in [-0.1, -0.05) is 18.2 Å². The van der Waals surface area contributed by atoms with Crippen molar-refractivity contribution in [1.29, 1.82) is 0 Å². The minimum absolute atomic E-state index is 0.0253. The van der Waals surface area contributed by atoms with Gasteiger partial charge in [0.15, 0.2) is 0 Å². The van der Waals surface area contributed by atoms with Crippen molar-refractivity contribution in [3.8, 4) is 17.2 Å². The fourth-order valence-electron chi connectivity index (χ4n) is 2.22. The molecular formula is C18H15F2N3O3. The first-order valence-electron chi connectivity index (χ1n) is 7.83. The second kappa shape index (κ2) is 8.19. The van der Waals surface area contributed by atoms with Gasteiger partial charge in [0, 0.05) is 24.1 Å². The molecule has 0 fully saturated rings. The quantitative estimate of drug-likeness (QED) is 0.692. The minimum Gasteiger partial charge on any atom is -0.435 e. The van der Waals surface area contributed by atoms with Crippen molar-refractivity contribution in [2.45, 2.75) is 19.5 Å². The minimum atomic E-state index is -2.88. The van der Waals surface area contributed by atoms with Crippen molar-refractivity contribution in [3.63, 3.8) is 0 Å². The van der Waals surface area contributed by atoms with Gasteiger partial charge in [0.1, 0.15) is 5.75 Å². The number of hydrogen-bond acceptors (Lipinski definition) is 5. The molecule has 0 saturated heterocycles. The number of aromatic nitrogens is 2. The number of carbonyl (C=O) groups excluding carboxylic acids is 1. The monoisotopic (exact) mass is 359 g/mol. The van der Waals surface area contributed by atoms with Gasteiger partial charge in [0.25, 0.3) is 0 Å². The average Bonchev–Trinajstić information content (AvgIpc) is 3.11. The topological polar surface area (TPSA) is 77.2 Å². The molecule has 6 nitrogen and oxygen atoms in total. The van der Waals surface area contributed by atoms with Crippen LogP contribution in [0.25, 0.3) is 11.5 Å². The molecule has 0 atom stereocenters. The molecule has 2 aromatic carbocycles. The highest BCUT2D eigenvalue weighted by atomic mass is 19.3. The number of anilines is 1. The van der Waals surface area contributed by atoms with E-state index < -0.39 is 6.61 Å². The molecule has 3 rings (SSSR count). The third-order valence-electron chi connectivity index (χ3n) is 3.42. The number of nitrogens with one attached hydrogen (secondary N) is 1. The number of aryl methyl sites for hydroxylation is 1. The summed E-state index contributed by atoms with van der Waals surface area (Å²) in [4.78, 5) is 12.0. The average molecular weight is 359 g/mol. The van der Waals surface area contributed by atoms with Crippen LogP contribution in [0.3, 0.4) is 0 Å². The molecule has 3 aromatic rings. The number of rotatable bonds is 7. The number of nitrogens with zero attached hydrogens (tertiary/aromatic N) is 2. The highest BCUT2D eigenvalue weighted by Gasteiger charge is 2.11. The van der Waals surface area contributed by atoms with Gasteiger partial charge in [-0.25, -0.2) is 0 Å². The molecule has 0 aliphatic rings. The first kappa shape index (κ1) is 17.5. The van der Waals surface area contributed by atoms with E-state index in [0.717, 1.165) is 5.56 Å². The molecule has 26 heavy (non-hydrogen) atoms. The maximum absolute atomic E-state index is 12.1. The van der Waals surface area contributed by atoms with E-state index in [2.05, 4.69) is 20.3 Å². The molecule has 0 bridgehead atoms. The number of carbonyl (C=O) groups is 1. The van der Waals surface area contributed by atoms with Crippen molar-refractivity contribution in [2.24, 2.45) is 0 Å². The SMILES string of the molecule is O=C(CCc1nnc(-c2ccccc2)o1)Nc1ccc(OC(F)F)cc1. The molecule has 1 heterocycles. The molecule has 0 aliphatic heterocycles. The Labute approximate surface area is 147 Å². The van der Waals surface area contributed by atoms with Gasteiger partial charge >= 0.3 is 6.61 Å². The number of hydrogen-bond donors (Lipinski definition) is 1. The standard InChI is InChI=1S/C18H15F2N3O3/c19-18(20)25-14-8-6-13(7-9-14)21-15(24)10-11-16-22-23-17(26-16)12-4-2-1-3-5-12/h1-9,18H,10-11H2,(H,21,24). The van der Waals surface area contributed by atoms with Gasteiger partial charge in [0.2, 0.25) is 17.7 Å². The normalized spacial score (nSPS) is 10.7. The van der Waals surface area contributed by atoms with Crippen molar-refractivity contribution < 1.29 is 22.7 Å². The summed E-state index contributed by atoms with van der Waals surface area (Å²) in [6, 6.07) is 15.0. The molecule has 0 spiro atoms. The molecule has 1 aromatic heterocycles. The Morgan fingerprint density at radius 3 is 2.50 bits per heavy atom. The Kier molecular flexibility index (Phi) is 5.52. The smallest absolute Gasteiger partial charge is 0.387 e. The third kappa shape index (κ3) is 4.85. The predicted octanol–water partition coefficient (Wildman–Crippen LogP) is 3.91. The summed E-state index contributed by atoms with van der Waals surface area (Å²) in [5.74, 6) is 0.527. The summed E-state index contributed by atoms with van der Waals surface area (Å²) in [5.41, 5.74) is 1.29. The number of benzene rings is 2. The lowest BCUT2D eigenvalue weighted by molar-refractivity contribution is -0.116. The van der Waals surface area contributed by atoms with Gasteiger partial charge in [-0.3, -0.25) is 4.79 Å². The van der Waals surface area contributed by atoms with E-state index in [1.165, 1.54) is 24.3 Å². The lowest BCUT2D eigenvalue weighted by atomic mass is 10.2. The van der Waals surface area contributed by atoms with Crippen molar-refractivity contribution in [3.05, 3.63) is 60.5 Å². The fraction of sp³-hybridized carbons (Fsp3) is 0.167. The van der Waals surface area contributed by atoms with Crippen LogP contribution in [0.5, 0.6) is 5.75 Å². The van der Waals surface area contributed by atoms with E-state index in [0.29, 0.717) is 17.5 Å². The summed E-state index contributed by atoms with van der Waals surface area (Å²) >= 11 is 0. The van der Waals surface area contributed by atoms with Crippen LogP contribution < -0.4 is 10.1 Å². The van der Waals surface area contributed by atoms with E-state index >= 15 is 0 Å². The van der Waals surface area contributed by atoms with E-state index in [1.807, 2.05) is 30.3 Å². The molecule has 134 valence electrons. The van der Waals surface area contributed by atoms with E-state index in [-0.39, 0.29) is 24.5 Å². The van der Waals surface area contributed by atoms with Crippen molar-refractivity contribution in [1.82, 2.24) is 10.2 Å².